The molecule has 108 valence electrons. The van der Waals surface area contributed by atoms with E-state index in [-0.39, 0.29) is 6.10 Å². The van der Waals surface area contributed by atoms with E-state index in [9.17, 15) is 0 Å². The monoisotopic (exact) mass is 280 g/mol. The fraction of sp³-hybridized carbons (Fsp3) is 0.389. The second-order valence-electron chi connectivity index (χ2n) is 5.90. The van der Waals surface area contributed by atoms with Gasteiger partial charge in [0, 0.05) is 25.0 Å². The summed E-state index contributed by atoms with van der Waals surface area (Å²) < 4.78 is 6.00. The minimum Gasteiger partial charge on any atom is -0.372 e. The predicted molar refractivity (Wildman–Crippen MR) is 83.1 cm³/mol. The van der Waals surface area contributed by atoms with Gasteiger partial charge in [0.2, 0.25) is 0 Å². The maximum absolute atomic E-state index is 6.00. The van der Waals surface area contributed by atoms with Crippen molar-refractivity contribution in [2.75, 3.05) is 13.2 Å². The van der Waals surface area contributed by atoms with Gasteiger partial charge >= 0.3 is 0 Å². The molecule has 2 aromatic rings. The van der Waals surface area contributed by atoms with Crippen LogP contribution in [0.25, 0.3) is 11.1 Å². The number of nitrogens with zero attached hydrogens (tertiary/aromatic N) is 1. The van der Waals surface area contributed by atoms with Gasteiger partial charge in [0.15, 0.2) is 0 Å². The van der Waals surface area contributed by atoms with Crippen LogP contribution in [-0.4, -0.2) is 24.2 Å². The molecule has 1 N–H and O–H groups in total. The number of rotatable bonds is 4. The zero-order valence-corrected chi connectivity index (χ0v) is 12.1. The van der Waals surface area contributed by atoms with Gasteiger partial charge < -0.3 is 10.1 Å². The molecule has 1 fully saturated rings. The van der Waals surface area contributed by atoms with E-state index in [1.54, 1.807) is 0 Å². The van der Waals surface area contributed by atoms with Crippen molar-refractivity contribution in [1.29, 1.82) is 0 Å². The SMILES string of the molecule is c1cc(-c2ccncc2)c2c(c1)[C@H](CNC1CC1)OCC2. The van der Waals surface area contributed by atoms with Gasteiger partial charge in [-0.3, -0.25) is 4.98 Å². The van der Waals surface area contributed by atoms with Crippen molar-refractivity contribution < 1.29 is 4.74 Å². The van der Waals surface area contributed by atoms with E-state index in [1.807, 2.05) is 12.4 Å². The van der Waals surface area contributed by atoms with E-state index in [2.05, 4.69) is 40.6 Å². The first-order chi connectivity index (χ1) is 10.4. The third kappa shape index (κ3) is 2.71. The third-order valence-corrected chi connectivity index (χ3v) is 4.39. The molecule has 1 aromatic heterocycles. The Morgan fingerprint density at radius 3 is 2.81 bits per heavy atom. The molecule has 3 nitrogen and oxygen atoms in total. The van der Waals surface area contributed by atoms with Crippen molar-refractivity contribution in [3.63, 3.8) is 0 Å². The first-order valence-electron chi connectivity index (χ1n) is 7.79. The Kier molecular flexibility index (Phi) is 3.45. The highest BCUT2D eigenvalue weighted by Gasteiger charge is 2.26. The average molecular weight is 280 g/mol. The lowest BCUT2D eigenvalue weighted by Gasteiger charge is -2.28. The van der Waals surface area contributed by atoms with Gasteiger partial charge in [0.05, 0.1) is 12.7 Å². The topological polar surface area (TPSA) is 34.2 Å². The Morgan fingerprint density at radius 1 is 1.14 bits per heavy atom. The Bertz CT molecular complexity index is 622. The third-order valence-electron chi connectivity index (χ3n) is 4.39. The molecule has 0 saturated heterocycles. The number of fused-ring (bicyclic) bond motifs is 1. The van der Waals surface area contributed by atoms with Crippen LogP contribution in [0.3, 0.4) is 0 Å². The zero-order valence-electron chi connectivity index (χ0n) is 12.1. The molecule has 4 rings (SSSR count). The normalized spacial score (nSPS) is 21.0. The lowest BCUT2D eigenvalue weighted by molar-refractivity contribution is 0.0425. The molecule has 1 atom stereocenters. The van der Waals surface area contributed by atoms with Gasteiger partial charge in [-0.2, -0.15) is 0 Å². The first-order valence-corrected chi connectivity index (χ1v) is 7.79. The van der Waals surface area contributed by atoms with Crippen LogP contribution >= 0.6 is 0 Å². The zero-order chi connectivity index (χ0) is 14.1. The molecule has 0 unspecified atom stereocenters. The summed E-state index contributed by atoms with van der Waals surface area (Å²) in [7, 11) is 0. The van der Waals surface area contributed by atoms with E-state index in [0.717, 1.165) is 25.6 Å². The molecule has 0 spiro atoms. The average Bonchev–Trinajstić information content (AvgIpc) is 3.37. The minimum atomic E-state index is 0.191. The standard InChI is InChI=1S/C18H20N2O/c1-2-15(13-6-9-19-10-7-13)16-8-11-21-18(17(16)3-1)12-20-14-4-5-14/h1-3,6-7,9-10,14,18,20H,4-5,8,11-12H2/t18-/m0/s1. The molecule has 21 heavy (non-hydrogen) atoms. The second-order valence-corrected chi connectivity index (χ2v) is 5.90. The predicted octanol–water partition coefficient (Wildman–Crippen LogP) is 3.11. The van der Waals surface area contributed by atoms with E-state index in [0.29, 0.717) is 0 Å². The van der Waals surface area contributed by atoms with Crippen LogP contribution in [0.4, 0.5) is 0 Å². The molecule has 0 radical (unpaired) electrons. The van der Waals surface area contributed by atoms with E-state index >= 15 is 0 Å². The van der Waals surface area contributed by atoms with Crippen molar-refractivity contribution >= 4 is 0 Å². The Balaban J connectivity index is 1.66. The summed E-state index contributed by atoms with van der Waals surface area (Å²) in [5.41, 5.74) is 5.37. The second kappa shape index (κ2) is 5.58. The smallest absolute Gasteiger partial charge is 0.0952 e. The van der Waals surface area contributed by atoms with Gasteiger partial charge in [-0.15, -0.1) is 0 Å². The van der Waals surface area contributed by atoms with Gasteiger partial charge in [0.25, 0.3) is 0 Å². The number of ether oxygens (including phenoxy) is 1. The fourth-order valence-electron chi connectivity index (χ4n) is 3.11. The van der Waals surface area contributed by atoms with Gasteiger partial charge in [-0.05, 0) is 53.6 Å². The summed E-state index contributed by atoms with van der Waals surface area (Å²) in [6.07, 6.45) is 7.54. The van der Waals surface area contributed by atoms with Crippen LogP contribution in [0.5, 0.6) is 0 Å². The van der Waals surface area contributed by atoms with Crippen molar-refractivity contribution in [1.82, 2.24) is 10.3 Å². The Labute approximate surface area is 125 Å². The molecule has 3 heteroatoms. The summed E-state index contributed by atoms with van der Waals surface area (Å²) in [6.45, 7) is 1.74. The van der Waals surface area contributed by atoms with Crippen molar-refractivity contribution in [3.05, 3.63) is 53.9 Å². The largest absolute Gasteiger partial charge is 0.372 e. The highest BCUT2D eigenvalue weighted by atomic mass is 16.5. The number of pyridine rings is 1. The molecule has 1 aliphatic heterocycles. The number of hydrogen-bond acceptors (Lipinski definition) is 3. The van der Waals surface area contributed by atoms with Crippen LogP contribution in [0.1, 0.15) is 30.1 Å². The quantitative estimate of drug-likeness (QED) is 0.934. The molecular formula is C18H20N2O. The highest BCUT2D eigenvalue weighted by Crippen LogP contribution is 2.34. The maximum atomic E-state index is 6.00. The van der Waals surface area contributed by atoms with Crippen LogP contribution in [0.15, 0.2) is 42.7 Å². The van der Waals surface area contributed by atoms with Gasteiger partial charge in [0.1, 0.15) is 0 Å². The number of benzene rings is 1. The summed E-state index contributed by atoms with van der Waals surface area (Å²) in [5.74, 6) is 0. The summed E-state index contributed by atoms with van der Waals surface area (Å²) in [4.78, 5) is 4.12. The van der Waals surface area contributed by atoms with Crippen molar-refractivity contribution in [2.24, 2.45) is 0 Å². The van der Waals surface area contributed by atoms with Crippen molar-refractivity contribution in [3.8, 4) is 11.1 Å². The Hall–Kier alpha value is -1.71. The molecule has 0 bridgehead atoms. The van der Waals surface area contributed by atoms with Crippen LogP contribution in [0, 0.1) is 0 Å². The molecule has 1 aliphatic carbocycles. The summed E-state index contributed by atoms with van der Waals surface area (Å²) in [6, 6.07) is 11.5. The van der Waals surface area contributed by atoms with E-state index < -0.39 is 0 Å². The lowest BCUT2D eigenvalue weighted by Crippen LogP contribution is -2.29. The molecular weight excluding hydrogens is 260 g/mol. The first kappa shape index (κ1) is 13.0. The molecule has 0 amide bonds. The molecule has 2 heterocycles. The lowest BCUT2D eigenvalue weighted by atomic mass is 9.90. The maximum Gasteiger partial charge on any atom is 0.0952 e. The fourth-order valence-corrected chi connectivity index (χ4v) is 3.11. The van der Waals surface area contributed by atoms with Gasteiger partial charge in [-0.25, -0.2) is 0 Å². The highest BCUT2D eigenvalue weighted by molar-refractivity contribution is 5.69. The minimum absolute atomic E-state index is 0.191. The van der Waals surface area contributed by atoms with E-state index in [1.165, 1.54) is 35.1 Å². The van der Waals surface area contributed by atoms with Gasteiger partial charge in [-0.1, -0.05) is 18.2 Å². The molecule has 2 aliphatic rings. The molecule has 1 saturated carbocycles. The number of aromatic nitrogens is 1. The number of hydrogen-bond donors (Lipinski definition) is 1. The molecule has 1 aromatic carbocycles. The summed E-state index contributed by atoms with van der Waals surface area (Å²) in [5, 5.41) is 3.59. The van der Waals surface area contributed by atoms with Crippen molar-refractivity contribution in [2.45, 2.75) is 31.4 Å². The summed E-state index contributed by atoms with van der Waals surface area (Å²) >= 11 is 0. The van der Waals surface area contributed by atoms with E-state index in [4.69, 9.17) is 4.74 Å². The van der Waals surface area contributed by atoms with Crippen LogP contribution < -0.4 is 5.32 Å². The Morgan fingerprint density at radius 2 is 2.00 bits per heavy atom. The number of nitrogens with one attached hydrogen (secondary N) is 1. The van der Waals surface area contributed by atoms with Crippen LogP contribution in [0.2, 0.25) is 0 Å². The van der Waals surface area contributed by atoms with Crippen LogP contribution in [-0.2, 0) is 11.2 Å².